The molecule has 0 amide bonds. The summed E-state index contributed by atoms with van der Waals surface area (Å²) in [7, 11) is 2.72. The first-order valence-electron chi connectivity index (χ1n) is 5.71. The largest absolute Gasteiger partial charge is 0.325 e. The van der Waals surface area contributed by atoms with Crippen LogP contribution in [0.15, 0.2) is 54.6 Å². The summed E-state index contributed by atoms with van der Waals surface area (Å²) in [5.41, 5.74) is 3.99. The van der Waals surface area contributed by atoms with Gasteiger partial charge in [-0.25, -0.2) is 0 Å². The summed E-state index contributed by atoms with van der Waals surface area (Å²) in [4.78, 5) is 10.8. The summed E-state index contributed by atoms with van der Waals surface area (Å²) in [5.74, 6) is 0. The summed E-state index contributed by atoms with van der Waals surface area (Å²) in [6.45, 7) is 0. The van der Waals surface area contributed by atoms with Crippen molar-refractivity contribution in [1.82, 2.24) is 4.34 Å². The molecule has 0 saturated carbocycles. The lowest BCUT2D eigenvalue weighted by molar-refractivity contribution is 0.112. The lowest BCUT2D eigenvalue weighted by Crippen LogP contribution is -1.86. The molecule has 0 fully saturated rings. The van der Waals surface area contributed by atoms with Crippen LogP contribution in [0.25, 0.3) is 22.2 Å². The molecule has 0 radical (unpaired) electrons. The van der Waals surface area contributed by atoms with Crippen molar-refractivity contribution < 1.29 is 4.79 Å². The number of hydrogen-bond acceptors (Lipinski definition) is 1. The molecule has 1 unspecified atom stereocenters. The maximum atomic E-state index is 10.8. The Labute approximate surface area is 108 Å². The van der Waals surface area contributed by atoms with E-state index in [0.29, 0.717) is 5.56 Å². The summed E-state index contributed by atoms with van der Waals surface area (Å²) in [5, 5.41) is 1.19. The van der Waals surface area contributed by atoms with Crippen LogP contribution < -0.4 is 0 Å². The highest BCUT2D eigenvalue weighted by Gasteiger charge is 2.07. The zero-order valence-electron chi connectivity index (χ0n) is 9.71. The van der Waals surface area contributed by atoms with Crippen LogP contribution in [0.4, 0.5) is 0 Å². The monoisotopic (exact) mass is 253 g/mol. The van der Waals surface area contributed by atoms with Crippen LogP contribution >= 0.6 is 9.39 Å². The number of para-hydroxylation sites is 1. The van der Waals surface area contributed by atoms with Crippen LogP contribution in [0.3, 0.4) is 0 Å². The van der Waals surface area contributed by atoms with Gasteiger partial charge in [0.15, 0.2) is 0 Å². The molecule has 3 heteroatoms. The van der Waals surface area contributed by atoms with Gasteiger partial charge in [-0.3, -0.25) is 4.79 Å². The topological polar surface area (TPSA) is 22.0 Å². The molecule has 1 aromatic heterocycles. The Kier molecular flexibility index (Phi) is 2.73. The number of fused-ring (bicyclic) bond motifs is 1. The van der Waals surface area contributed by atoms with Gasteiger partial charge in [-0.15, -0.1) is 0 Å². The fourth-order valence-corrected chi connectivity index (χ4v) is 2.63. The minimum atomic E-state index is 0.697. The van der Waals surface area contributed by atoms with E-state index in [9.17, 15) is 4.79 Å². The van der Waals surface area contributed by atoms with Gasteiger partial charge in [0.2, 0.25) is 0 Å². The smallest absolute Gasteiger partial charge is 0.150 e. The van der Waals surface area contributed by atoms with Crippen molar-refractivity contribution in [2.75, 3.05) is 0 Å². The maximum absolute atomic E-state index is 10.8. The number of hydrogen-bond donors (Lipinski definition) is 0. The van der Waals surface area contributed by atoms with Crippen molar-refractivity contribution in [3.05, 3.63) is 60.2 Å². The molecule has 0 aliphatic carbocycles. The second kappa shape index (κ2) is 4.40. The molecule has 2 nitrogen and oxygen atoms in total. The molecule has 1 heterocycles. The second-order valence-electron chi connectivity index (χ2n) is 4.20. The lowest BCUT2D eigenvalue weighted by Gasteiger charge is -2.04. The van der Waals surface area contributed by atoms with Gasteiger partial charge in [-0.05, 0) is 33.2 Å². The van der Waals surface area contributed by atoms with Gasteiger partial charge in [0.25, 0.3) is 0 Å². The first-order chi connectivity index (χ1) is 8.79. The van der Waals surface area contributed by atoms with Gasteiger partial charge < -0.3 is 4.34 Å². The molecule has 0 saturated heterocycles. The third-order valence-electron chi connectivity index (χ3n) is 3.07. The molecule has 0 N–H and O–H groups in total. The Balaban J connectivity index is 2.24. The van der Waals surface area contributed by atoms with E-state index in [1.807, 2.05) is 36.4 Å². The molecule has 3 aromatic rings. The number of nitrogens with zero attached hydrogens (tertiary/aromatic N) is 1. The number of aldehydes is 1. The van der Waals surface area contributed by atoms with E-state index >= 15 is 0 Å². The van der Waals surface area contributed by atoms with Crippen LogP contribution in [0.5, 0.6) is 0 Å². The minimum Gasteiger partial charge on any atom is -0.325 e. The molecule has 0 aliphatic rings. The van der Waals surface area contributed by atoms with Crippen LogP contribution in [-0.4, -0.2) is 10.6 Å². The molecule has 3 rings (SSSR count). The zero-order valence-corrected chi connectivity index (χ0v) is 10.9. The fraction of sp³-hybridized carbons (Fsp3) is 0. The van der Waals surface area contributed by atoms with Crippen molar-refractivity contribution in [2.24, 2.45) is 0 Å². The van der Waals surface area contributed by atoms with E-state index in [1.165, 1.54) is 5.39 Å². The average Bonchev–Trinajstić information content (AvgIpc) is 2.77. The normalized spacial score (nSPS) is 10.7. The number of aromatic nitrogens is 1. The van der Waals surface area contributed by atoms with E-state index in [0.717, 1.165) is 23.1 Å². The molecule has 0 aliphatic heterocycles. The Morgan fingerprint density at radius 2 is 1.83 bits per heavy atom. The summed E-state index contributed by atoms with van der Waals surface area (Å²) in [6.07, 6.45) is 0.874. The number of benzene rings is 2. The van der Waals surface area contributed by atoms with Crippen LogP contribution in [0.2, 0.25) is 0 Å². The van der Waals surface area contributed by atoms with E-state index in [4.69, 9.17) is 0 Å². The molecule has 0 bridgehead atoms. The van der Waals surface area contributed by atoms with E-state index in [-0.39, 0.29) is 0 Å². The zero-order chi connectivity index (χ0) is 12.5. The fourth-order valence-electron chi connectivity index (χ4n) is 2.17. The SMILES string of the molecule is O=Cc1cccc(-c2cc3ccccc3n2P)c1. The molecule has 1 atom stereocenters. The van der Waals surface area contributed by atoms with Crippen molar-refractivity contribution in [2.45, 2.75) is 0 Å². The summed E-state index contributed by atoms with van der Waals surface area (Å²) < 4.78 is 2.07. The molecule has 0 spiro atoms. The van der Waals surface area contributed by atoms with Crippen molar-refractivity contribution in [3.8, 4) is 11.3 Å². The van der Waals surface area contributed by atoms with E-state index in [2.05, 4.69) is 31.9 Å². The first kappa shape index (κ1) is 11.2. The second-order valence-corrected chi connectivity index (χ2v) is 4.72. The standard InChI is InChI=1S/C15H12NOP/c17-10-11-4-3-6-12(8-11)15-9-13-5-1-2-7-14(13)16(15)18/h1-10H,18H2. The third-order valence-corrected chi connectivity index (χ3v) is 3.62. The highest BCUT2D eigenvalue weighted by atomic mass is 31.0. The molecular formula is C15H12NOP. The van der Waals surface area contributed by atoms with Gasteiger partial charge in [-0.1, -0.05) is 36.4 Å². The number of carbonyl (C=O) groups is 1. The highest BCUT2D eigenvalue weighted by molar-refractivity contribution is 7.15. The summed E-state index contributed by atoms with van der Waals surface area (Å²) in [6, 6.07) is 18.0. The van der Waals surface area contributed by atoms with Gasteiger partial charge in [-0.2, -0.15) is 0 Å². The average molecular weight is 253 g/mol. The predicted octanol–water partition coefficient (Wildman–Crippen LogP) is 3.76. The maximum Gasteiger partial charge on any atom is 0.150 e. The van der Waals surface area contributed by atoms with Crippen molar-refractivity contribution in [3.63, 3.8) is 0 Å². The Morgan fingerprint density at radius 1 is 1.00 bits per heavy atom. The van der Waals surface area contributed by atoms with Crippen LogP contribution in [0.1, 0.15) is 10.4 Å². The van der Waals surface area contributed by atoms with E-state index in [1.54, 1.807) is 0 Å². The van der Waals surface area contributed by atoms with Crippen LogP contribution in [0, 0.1) is 0 Å². The van der Waals surface area contributed by atoms with Crippen molar-refractivity contribution in [1.29, 1.82) is 0 Å². The third kappa shape index (κ3) is 1.75. The summed E-state index contributed by atoms with van der Waals surface area (Å²) >= 11 is 0. The predicted molar refractivity (Wildman–Crippen MR) is 77.9 cm³/mol. The molecular weight excluding hydrogens is 241 g/mol. The van der Waals surface area contributed by atoms with Gasteiger partial charge in [0, 0.05) is 10.9 Å². The van der Waals surface area contributed by atoms with Gasteiger partial charge in [0.1, 0.15) is 6.29 Å². The molecule has 18 heavy (non-hydrogen) atoms. The molecule has 88 valence electrons. The molecule has 2 aromatic carbocycles. The minimum absolute atomic E-state index is 0.697. The van der Waals surface area contributed by atoms with E-state index < -0.39 is 0 Å². The first-order valence-corrected chi connectivity index (χ1v) is 6.22. The quantitative estimate of drug-likeness (QED) is 0.503. The van der Waals surface area contributed by atoms with Crippen molar-refractivity contribution >= 4 is 26.6 Å². The number of rotatable bonds is 2. The Bertz CT molecular complexity index is 730. The number of carbonyl (C=O) groups excluding carboxylic acids is 1. The van der Waals surface area contributed by atoms with Gasteiger partial charge in [0.05, 0.1) is 11.2 Å². The highest BCUT2D eigenvalue weighted by Crippen LogP contribution is 2.30. The van der Waals surface area contributed by atoms with Crippen LogP contribution in [-0.2, 0) is 0 Å². The lowest BCUT2D eigenvalue weighted by atomic mass is 10.1. The Hall–Kier alpha value is -1.92. The van der Waals surface area contributed by atoms with Gasteiger partial charge >= 0.3 is 0 Å². The Morgan fingerprint density at radius 3 is 2.61 bits per heavy atom.